The lowest BCUT2D eigenvalue weighted by atomic mass is 9.67. The highest BCUT2D eigenvalue weighted by molar-refractivity contribution is 5.09. The SMILES string of the molecule is CCCCC1CCC(CO)(Cc2ccoc2)CC1. The fraction of sp³-hybridized carbons (Fsp3) is 0.750. The molecule has 0 saturated heterocycles. The van der Waals surface area contributed by atoms with Gasteiger partial charge in [-0.15, -0.1) is 0 Å². The van der Waals surface area contributed by atoms with Gasteiger partial charge in [0.1, 0.15) is 0 Å². The monoisotopic (exact) mass is 250 g/mol. The topological polar surface area (TPSA) is 33.4 Å². The molecule has 0 atom stereocenters. The molecule has 1 N–H and O–H groups in total. The molecule has 1 aromatic heterocycles. The van der Waals surface area contributed by atoms with Crippen molar-refractivity contribution >= 4 is 0 Å². The third-order valence-corrected chi connectivity index (χ3v) is 4.63. The smallest absolute Gasteiger partial charge is 0.0934 e. The first-order valence-corrected chi connectivity index (χ1v) is 7.40. The van der Waals surface area contributed by atoms with Gasteiger partial charge in [0, 0.05) is 6.61 Å². The molecular weight excluding hydrogens is 224 g/mol. The van der Waals surface area contributed by atoms with Gasteiger partial charge in [0.2, 0.25) is 0 Å². The molecule has 0 aromatic carbocycles. The minimum Gasteiger partial charge on any atom is -0.472 e. The molecule has 1 aliphatic carbocycles. The Labute approximate surface area is 110 Å². The van der Waals surface area contributed by atoms with Gasteiger partial charge in [0.05, 0.1) is 12.5 Å². The summed E-state index contributed by atoms with van der Waals surface area (Å²) in [4.78, 5) is 0. The minimum absolute atomic E-state index is 0.118. The molecule has 0 aliphatic heterocycles. The summed E-state index contributed by atoms with van der Waals surface area (Å²) in [5, 5.41) is 9.77. The summed E-state index contributed by atoms with van der Waals surface area (Å²) in [6.45, 7) is 2.58. The zero-order valence-corrected chi connectivity index (χ0v) is 11.5. The van der Waals surface area contributed by atoms with E-state index in [0.29, 0.717) is 6.61 Å². The molecule has 1 aromatic rings. The van der Waals surface area contributed by atoms with Crippen LogP contribution in [0, 0.1) is 11.3 Å². The minimum atomic E-state index is 0.118. The number of rotatable bonds is 6. The Kier molecular flexibility index (Phi) is 4.87. The highest BCUT2D eigenvalue weighted by Gasteiger charge is 2.34. The second kappa shape index (κ2) is 6.42. The summed E-state index contributed by atoms with van der Waals surface area (Å²) in [5.41, 5.74) is 1.35. The van der Waals surface area contributed by atoms with Crippen LogP contribution in [0.4, 0.5) is 0 Å². The van der Waals surface area contributed by atoms with Crippen molar-refractivity contribution in [3.05, 3.63) is 24.2 Å². The first-order valence-electron chi connectivity index (χ1n) is 7.40. The summed E-state index contributed by atoms with van der Waals surface area (Å²) < 4.78 is 5.14. The van der Waals surface area contributed by atoms with E-state index in [0.717, 1.165) is 12.3 Å². The lowest BCUT2D eigenvalue weighted by molar-refractivity contribution is 0.0619. The van der Waals surface area contributed by atoms with Crippen molar-refractivity contribution in [2.45, 2.75) is 58.3 Å². The summed E-state index contributed by atoms with van der Waals surface area (Å²) in [6.07, 6.45) is 13.5. The van der Waals surface area contributed by atoms with Crippen LogP contribution in [0.2, 0.25) is 0 Å². The third kappa shape index (κ3) is 3.38. The molecule has 0 radical (unpaired) electrons. The van der Waals surface area contributed by atoms with Gasteiger partial charge in [-0.05, 0) is 55.1 Å². The molecule has 2 nitrogen and oxygen atoms in total. The number of hydrogen-bond acceptors (Lipinski definition) is 2. The Balaban J connectivity index is 1.87. The largest absolute Gasteiger partial charge is 0.472 e. The van der Waals surface area contributed by atoms with E-state index in [4.69, 9.17) is 4.42 Å². The van der Waals surface area contributed by atoms with Gasteiger partial charge in [0.15, 0.2) is 0 Å². The second-order valence-corrected chi connectivity index (χ2v) is 6.05. The van der Waals surface area contributed by atoms with Crippen molar-refractivity contribution in [3.8, 4) is 0 Å². The van der Waals surface area contributed by atoms with Gasteiger partial charge < -0.3 is 9.52 Å². The fourth-order valence-electron chi connectivity index (χ4n) is 3.29. The molecule has 1 fully saturated rings. The van der Waals surface area contributed by atoms with Crippen LogP contribution in [-0.4, -0.2) is 11.7 Å². The Morgan fingerprint density at radius 1 is 1.39 bits per heavy atom. The third-order valence-electron chi connectivity index (χ3n) is 4.63. The van der Waals surface area contributed by atoms with Gasteiger partial charge >= 0.3 is 0 Å². The molecule has 1 aliphatic rings. The number of aliphatic hydroxyl groups excluding tert-OH is 1. The maximum Gasteiger partial charge on any atom is 0.0934 e. The highest BCUT2D eigenvalue weighted by atomic mass is 16.3. The first-order chi connectivity index (χ1) is 8.78. The lowest BCUT2D eigenvalue weighted by Gasteiger charge is -2.39. The van der Waals surface area contributed by atoms with Crippen molar-refractivity contribution in [1.29, 1.82) is 0 Å². The Bertz CT molecular complexity index is 321. The molecule has 0 unspecified atom stereocenters. The zero-order valence-electron chi connectivity index (χ0n) is 11.5. The van der Waals surface area contributed by atoms with Crippen molar-refractivity contribution in [2.24, 2.45) is 11.3 Å². The summed E-state index contributed by atoms with van der Waals surface area (Å²) in [7, 11) is 0. The van der Waals surface area contributed by atoms with E-state index in [1.807, 2.05) is 12.3 Å². The van der Waals surface area contributed by atoms with Gasteiger partial charge in [-0.25, -0.2) is 0 Å². The van der Waals surface area contributed by atoms with E-state index in [-0.39, 0.29) is 5.41 Å². The first kappa shape index (κ1) is 13.7. The molecule has 1 saturated carbocycles. The van der Waals surface area contributed by atoms with Crippen molar-refractivity contribution < 1.29 is 9.52 Å². The lowest BCUT2D eigenvalue weighted by Crippen LogP contribution is -2.33. The fourth-order valence-corrected chi connectivity index (χ4v) is 3.29. The van der Waals surface area contributed by atoms with Crippen molar-refractivity contribution in [2.75, 3.05) is 6.61 Å². The molecule has 102 valence electrons. The van der Waals surface area contributed by atoms with Crippen molar-refractivity contribution in [1.82, 2.24) is 0 Å². The number of furan rings is 1. The standard InChI is InChI=1S/C16H26O2/c1-2-3-4-14-5-8-16(13-17,9-6-14)11-15-7-10-18-12-15/h7,10,12,14,17H,2-6,8-9,11,13H2,1H3. The average Bonchev–Trinajstić information content (AvgIpc) is 2.91. The van der Waals surface area contributed by atoms with E-state index in [2.05, 4.69) is 6.92 Å². The van der Waals surface area contributed by atoms with E-state index < -0.39 is 0 Å². The molecule has 2 heteroatoms. The van der Waals surface area contributed by atoms with Crippen LogP contribution in [0.5, 0.6) is 0 Å². The molecule has 2 rings (SSSR count). The quantitative estimate of drug-likeness (QED) is 0.821. The van der Waals surface area contributed by atoms with Gasteiger partial charge in [-0.1, -0.05) is 26.2 Å². The van der Waals surface area contributed by atoms with Crippen LogP contribution in [0.25, 0.3) is 0 Å². The van der Waals surface area contributed by atoms with Crippen LogP contribution in [-0.2, 0) is 6.42 Å². The molecular formula is C16H26O2. The summed E-state index contributed by atoms with van der Waals surface area (Å²) in [5.74, 6) is 0.897. The summed E-state index contributed by atoms with van der Waals surface area (Å²) in [6, 6.07) is 2.03. The Morgan fingerprint density at radius 3 is 2.72 bits per heavy atom. The van der Waals surface area contributed by atoms with Crippen LogP contribution < -0.4 is 0 Å². The number of hydrogen-bond donors (Lipinski definition) is 1. The molecule has 0 bridgehead atoms. The average molecular weight is 250 g/mol. The Morgan fingerprint density at radius 2 is 2.17 bits per heavy atom. The predicted molar refractivity (Wildman–Crippen MR) is 73.4 cm³/mol. The maximum absolute atomic E-state index is 9.77. The van der Waals surface area contributed by atoms with E-state index in [1.165, 1.54) is 50.5 Å². The van der Waals surface area contributed by atoms with Crippen molar-refractivity contribution in [3.63, 3.8) is 0 Å². The Hall–Kier alpha value is -0.760. The number of unbranched alkanes of at least 4 members (excludes halogenated alkanes) is 1. The van der Waals surface area contributed by atoms with Gasteiger partial charge in [-0.3, -0.25) is 0 Å². The van der Waals surface area contributed by atoms with Crippen LogP contribution in [0.15, 0.2) is 23.0 Å². The molecule has 18 heavy (non-hydrogen) atoms. The maximum atomic E-state index is 9.77. The van der Waals surface area contributed by atoms with Crippen LogP contribution in [0.3, 0.4) is 0 Å². The zero-order chi connectivity index (χ0) is 12.8. The van der Waals surface area contributed by atoms with Gasteiger partial charge in [-0.2, -0.15) is 0 Å². The van der Waals surface area contributed by atoms with E-state index in [9.17, 15) is 5.11 Å². The molecule has 0 spiro atoms. The second-order valence-electron chi connectivity index (χ2n) is 6.05. The van der Waals surface area contributed by atoms with E-state index >= 15 is 0 Å². The molecule has 1 heterocycles. The molecule has 0 amide bonds. The van der Waals surface area contributed by atoms with Crippen LogP contribution in [0.1, 0.15) is 57.4 Å². The van der Waals surface area contributed by atoms with E-state index in [1.54, 1.807) is 6.26 Å². The van der Waals surface area contributed by atoms with Crippen LogP contribution >= 0.6 is 0 Å². The summed E-state index contributed by atoms with van der Waals surface area (Å²) >= 11 is 0. The van der Waals surface area contributed by atoms with Gasteiger partial charge in [0.25, 0.3) is 0 Å². The highest BCUT2D eigenvalue weighted by Crippen LogP contribution is 2.42. The predicted octanol–water partition coefficient (Wildman–Crippen LogP) is 4.18. The number of aliphatic hydroxyl groups is 1. The normalized spacial score (nSPS) is 28.4.